The zero-order valence-corrected chi connectivity index (χ0v) is 21.0. The summed E-state index contributed by atoms with van der Waals surface area (Å²) in [6.07, 6.45) is 4.80. The van der Waals surface area contributed by atoms with Gasteiger partial charge in [-0.3, -0.25) is 4.79 Å². The van der Waals surface area contributed by atoms with E-state index in [-0.39, 0.29) is 10.8 Å². The van der Waals surface area contributed by atoms with Gasteiger partial charge in [0.1, 0.15) is 5.75 Å². The molecule has 1 aliphatic rings. The minimum absolute atomic E-state index is 0.248. The van der Waals surface area contributed by atoms with Crippen molar-refractivity contribution in [1.82, 2.24) is 4.31 Å². The van der Waals surface area contributed by atoms with E-state index in [2.05, 4.69) is 35.1 Å². The Bertz CT molecular complexity index is 1010. The third-order valence-electron chi connectivity index (χ3n) is 5.45. The van der Waals surface area contributed by atoms with Crippen LogP contribution in [0.1, 0.15) is 56.3 Å². The Morgan fingerprint density at radius 2 is 1.72 bits per heavy atom. The molecular formula is C24H31BrN2O4S. The molecule has 1 amide bonds. The molecule has 2 aromatic carbocycles. The molecule has 3 rings (SSSR count). The maximum absolute atomic E-state index is 12.9. The van der Waals surface area contributed by atoms with Crippen LogP contribution in [0.3, 0.4) is 0 Å². The number of halogens is 1. The normalized spacial score (nSPS) is 15.4. The first-order valence-corrected chi connectivity index (χ1v) is 13.3. The van der Waals surface area contributed by atoms with Crippen molar-refractivity contribution in [3.8, 4) is 5.75 Å². The Kier molecular flexibility index (Phi) is 8.73. The van der Waals surface area contributed by atoms with Crippen LogP contribution in [0, 0.1) is 5.92 Å². The molecule has 6 nitrogen and oxygen atoms in total. The van der Waals surface area contributed by atoms with Gasteiger partial charge in [0.15, 0.2) is 0 Å². The molecule has 0 aromatic heterocycles. The molecule has 1 fully saturated rings. The lowest BCUT2D eigenvalue weighted by Gasteiger charge is -2.20. The zero-order chi connectivity index (χ0) is 23.1. The summed E-state index contributed by atoms with van der Waals surface area (Å²) in [5, 5.41) is 2.85. The minimum atomic E-state index is -3.52. The maximum Gasteiger partial charge on any atom is 0.259 e. The summed E-state index contributed by atoms with van der Waals surface area (Å²) in [6, 6.07) is 11.7. The number of amides is 1. The first kappa shape index (κ1) is 24.7. The molecule has 2 aromatic rings. The van der Waals surface area contributed by atoms with Gasteiger partial charge in [0.05, 0.1) is 17.1 Å². The van der Waals surface area contributed by atoms with Gasteiger partial charge in [-0.1, -0.05) is 42.6 Å². The summed E-state index contributed by atoms with van der Waals surface area (Å²) < 4.78 is 34.1. The zero-order valence-electron chi connectivity index (χ0n) is 18.6. The number of ether oxygens (including phenoxy) is 1. The molecule has 1 saturated heterocycles. The average molecular weight is 523 g/mol. The molecular weight excluding hydrogens is 492 g/mol. The van der Waals surface area contributed by atoms with Gasteiger partial charge < -0.3 is 10.1 Å². The fourth-order valence-electron chi connectivity index (χ4n) is 3.55. The molecule has 0 bridgehead atoms. The maximum atomic E-state index is 12.9. The number of benzene rings is 2. The lowest BCUT2D eigenvalue weighted by Crippen LogP contribution is -2.31. The summed E-state index contributed by atoms with van der Waals surface area (Å²) in [5.41, 5.74) is 0.947. The van der Waals surface area contributed by atoms with Crippen LogP contribution in [0.4, 0.5) is 5.69 Å². The van der Waals surface area contributed by atoms with E-state index >= 15 is 0 Å². The van der Waals surface area contributed by atoms with Gasteiger partial charge in [0.25, 0.3) is 5.91 Å². The standard InChI is InChI=1S/C24H31BrN2O4S/c1-18(2)13-16-31-23-12-7-19(25)17-22(23)24(28)26-20-8-10-21(11-9-20)32(29,30)27-14-5-3-4-6-15-27/h7-12,17-18H,3-6,13-16H2,1-2H3,(H,26,28). The van der Waals surface area contributed by atoms with Gasteiger partial charge in [-0.25, -0.2) is 8.42 Å². The van der Waals surface area contributed by atoms with E-state index in [9.17, 15) is 13.2 Å². The highest BCUT2D eigenvalue weighted by Crippen LogP contribution is 2.26. The predicted molar refractivity (Wildman–Crippen MR) is 131 cm³/mol. The Labute approximate surface area is 199 Å². The number of sulfonamides is 1. The summed E-state index contributed by atoms with van der Waals surface area (Å²) >= 11 is 3.41. The van der Waals surface area contributed by atoms with E-state index in [4.69, 9.17) is 4.74 Å². The molecule has 174 valence electrons. The number of nitrogens with one attached hydrogen (secondary N) is 1. The molecule has 0 radical (unpaired) electrons. The van der Waals surface area contributed by atoms with Crippen LogP contribution in [0.25, 0.3) is 0 Å². The number of carbonyl (C=O) groups is 1. The van der Waals surface area contributed by atoms with Crippen LogP contribution in [-0.2, 0) is 10.0 Å². The Hall–Kier alpha value is -1.90. The molecule has 1 aliphatic heterocycles. The Morgan fingerprint density at radius 3 is 2.34 bits per heavy atom. The highest BCUT2D eigenvalue weighted by molar-refractivity contribution is 9.10. The Balaban J connectivity index is 1.71. The summed E-state index contributed by atoms with van der Waals surface area (Å²) in [5.74, 6) is 0.715. The first-order valence-electron chi connectivity index (χ1n) is 11.1. The second-order valence-electron chi connectivity index (χ2n) is 8.47. The van der Waals surface area contributed by atoms with Gasteiger partial charge in [-0.2, -0.15) is 4.31 Å². The number of rotatable bonds is 8. The van der Waals surface area contributed by atoms with Crippen molar-refractivity contribution in [2.45, 2.75) is 50.8 Å². The second kappa shape index (κ2) is 11.3. The van der Waals surface area contributed by atoms with E-state index in [1.807, 2.05) is 6.07 Å². The van der Waals surface area contributed by atoms with Crippen molar-refractivity contribution in [2.75, 3.05) is 25.0 Å². The van der Waals surface area contributed by atoms with Gasteiger partial charge in [0.2, 0.25) is 10.0 Å². The molecule has 32 heavy (non-hydrogen) atoms. The number of nitrogens with zero attached hydrogens (tertiary/aromatic N) is 1. The van der Waals surface area contributed by atoms with Crippen LogP contribution in [0.5, 0.6) is 5.75 Å². The van der Waals surface area contributed by atoms with Crippen molar-refractivity contribution in [3.05, 3.63) is 52.5 Å². The number of anilines is 1. The van der Waals surface area contributed by atoms with Crippen molar-refractivity contribution >= 4 is 37.5 Å². The SMILES string of the molecule is CC(C)CCOc1ccc(Br)cc1C(=O)Nc1ccc(S(=O)(=O)N2CCCCCC2)cc1. The van der Waals surface area contributed by atoms with Crippen molar-refractivity contribution < 1.29 is 17.9 Å². The first-order chi connectivity index (χ1) is 15.3. The number of carbonyl (C=O) groups excluding carboxylic acids is 1. The lowest BCUT2D eigenvalue weighted by atomic mass is 10.1. The predicted octanol–water partition coefficient (Wildman–Crippen LogP) is 5.69. The molecule has 0 aliphatic carbocycles. The summed E-state index contributed by atoms with van der Waals surface area (Å²) in [4.78, 5) is 13.2. The molecule has 0 spiro atoms. The average Bonchev–Trinajstić information content (AvgIpc) is 3.05. The highest BCUT2D eigenvalue weighted by atomic mass is 79.9. The summed E-state index contributed by atoms with van der Waals surface area (Å²) in [6.45, 7) is 5.89. The molecule has 0 saturated carbocycles. The third-order valence-corrected chi connectivity index (χ3v) is 7.86. The second-order valence-corrected chi connectivity index (χ2v) is 11.3. The van der Waals surface area contributed by atoms with Crippen molar-refractivity contribution in [3.63, 3.8) is 0 Å². The van der Waals surface area contributed by atoms with Crippen molar-refractivity contribution in [2.24, 2.45) is 5.92 Å². The van der Waals surface area contributed by atoms with Crippen LogP contribution in [0.2, 0.25) is 0 Å². The fourth-order valence-corrected chi connectivity index (χ4v) is 5.43. The summed E-state index contributed by atoms with van der Waals surface area (Å²) in [7, 11) is -3.52. The van der Waals surface area contributed by atoms with Crippen LogP contribution in [0.15, 0.2) is 51.8 Å². The van der Waals surface area contributed by atoms with Crippen molar-refractivity contribution in [1.29, 1.82) is 0 Å². The third kappa shape index (κ3) is 6.56. The number of hydrogen-bond donors (Lipinski definition) is 1. The van der Waals surface area contributed by atoms with E-state index in [1.54, 1.807) is 40.7 Å². The molecule has 1 heterocycles. The minimum Gasteiger partial charge on any atom is -0.493 e. The highest BCUT2D eigenvalue weighted by Gasteiger charge is 2.25. The van der Waals surface area contributed by atoms with Gasteiger partial charge in [-0.05, 0) is 67.6 Å². The smallest absolute Gasteiger partial charge is 0.259 e. The van der Waals surface area contributed by atoms with Gasteiger partial charge >= 0.3 is 0 Å². The lowest BCUT2D eigenvalue weighted by molar-refractivity contribution is 0.102. The molecule has 0 unspecified atom stereocenters. The van der Waals surface area contributed by atoms with Crippen LogP contribution >= 0.6 is 15.9 Å². The fraction of sp³-hybridized carbons (Fsp3) is 0.458. The Morgan fingerprint density at radius 1 is 1.06 bits per heavy atom. The molecule has 0 atom stereocenters. The van der Waals surface area contributed by atoms with E-state index in [0.717, 1.165) is 36.6 Å². The van der Waals surface area contributed by atoms with E-state index in [1.165, 1.54) is 0 Å². The van der Waals surface area contributed by atoms with Gasteiger partial charge in [0, 0.05) is 23.2 Å². The van der Waals surface area contributed by atoms with Crippen LogP contribution in [-0.4, -0.2) is 38.3 Å². The number of hydrogen-bond acceptors (Lipinski definition) is 4. The van der Waals surface area contributed by atoms with E-state index < -0.39 is 10.0 Å². The molecule has 8 heteroatoms. The largest absolute Gasteiger partial charge is 0.493 e. The topological polar surface area (TPSA) is 75.7 Å². The van der Waals surface area contributed by atoms with Crippen LogP contribution < -0.4 is 10.1 Å². The van der Waals surface area contributed by atoms with Gasteiger partial charge in [-0.15, -0.1) is 0 Å². The van der Waals surface area contributed by atoms with E-state index in [0.29, 0.717) is 42.6 Å². The quantitative estimate of drug-likeness (QED) is 0.482. The monoisotopic (exact) mass is 522 g/mol. The molecule has 1 N–H and O–H groups in total.